The molecule has 1 aromatic rings. The number of hydrogen-bond acceptors (Lipinski definition) is 4. The van der Waals surface area contributed by atoms with E-state index in [2.05, 4.69) is 5.32 Å². The van der Waals surface area contributed by atoms with Gasteiger partial charge in [0.15, 0.2) is 0 Å². The standard InChI is InChI=1S/C12H16N2O4/c1-8-3-9(6-18-8)12(16)14-4-10(5-14)13-11(15)7-17-2/h3,6,10H,4-5,7H2,1-2H3,(H,13,15). The lowest BCUT2D eigenvalue weighted by atomic mass is 10.1. The second kappa shape index (κ2) is 5.22. The van der Waals surface area contributed by atoms with E-state index < -0.39 is 0 Å². The van der Waals surface area contributed by atoms with E-state index in [1.54, 1.807) is 17.9 Å². The lowest BCUT2D eigenvalue weighted by Crippen LogP contribution is -2.61. The van der Waals surface area contributed by atoms with Crippen LogP contribution in [0.2, 0.25) is 0 Å². The normalized spacial score (nSPS) is 15.3. The van der Waals surface area contributed by atoms with Gasteiger partial charge in [-0.2, -0.15) is 0 Å². The first-order chi connectivity index (χ1) is 8.60. The lowest BCUT2D eigenvalue weighted by Gasteiger charge is -2.39. The molecule has 6 heteroatoms. The minimum atomic E-state index is -0.159. The summed E-state index contributed by atoms with van der Waals surface area (Å²) in [4.78, 5) is 24.8. The minimum absolute atomic E-state index is 0.0181. The smallest absolute Gasteiger partial charge is 0.257 e. The predicted octanol–water partition coefficient (Wildman–Crippen LogP) is 0.175. The van der Waals surface area contributed by atoms with E-state index in [0.717, 1.165) is 0 Å². The van der Waals surface area contributed by atoms with Crippen molar-refractivity contribution in [2.24, 2.45) is 0 Å². The van der Waals surface area contributed by atoms with Crippen LogP contribution in [0.3, 0.4) is 0 Å². The van der Waals surface area contributed by atoms with Gasteiger partial charge in [0.1, 0.15) is 18.6 Å². The number of hydrogen-bond donors (Lipinski definition) is 1. The van der Waals surface area contributed by atoms with E-state index >= 15 is 0 Å². The summed E-state index contributed by atoms with van der Waals surface area (Å²) >= 11 is 0. The van der Waals surface area contributed by atoms with Crippen molar-refractivity contribution in [1.29, 1.82) is 0 Å². The van der Waals surface area contributed by atoms with Gasteiger partial charge in [0.05, 0.1) is 11.6 Å². The zero-order chi connectivity index (χ0) is 13.1. The highest BCUT2D eigenvalue weighted by Crippen LogP contribution is 2.15. The van der Waals surface area contributed by atoms with Gasteiger partial charge in [-0.3, -0.25) is 9.59 Å². The Bertz CT molecular complexity index is 449. The van der Waals surface area contributed by atoms with Crippen LogP contribution in [0.15, 0.2) is 16.7 Å². The van der Waals surface area contributed by atoms with Crippen molar-refractivity contribution in [2.75, 3.05) is 26.8 Å². The van der Waals surface area contributed by atoms with Gasteiger partial charge in [0, 0.05) is 20.2 Å². The second-order valence-corrected chi connectivity index (χ2v) is 4.35. The van der Waals surface area contributed by atoms with Gasteiger partial charge in [-0.25, -0.2) is 0 Å². The molecule has 0 bridgehead atoms. The molecule has 0 unspecified atom stereocenters. The van der Waals surface area contributed by atoms with E-state index in [1.807, 2.05) is 0 Å². The number of rotatable bonds is 4. The number of nitrogens with zero attached hydrogens (tertiary/aromatic N) is 1. The van der Waals surface area contributed by atoms with Crippen molar-refractivity contribution >= 4 is 11.8 Å². The van der Waals surface area contributed by atoms with Crippen LogP contribution in [0.5, 0.6) is 0 Å². The molecule has 1 aliphatic rings. The summed E-state index contributed by atoms with van der Waals surface area (Å²) in [6.07, 6.45) is 1.45. The summed E-state index contributed by atoms with van der Waals surface area (Å²) in [6.45, 7) is 2.89. The first-order valence-electron chi connectivity index (χ1n) is 5.73. The average Bonchev–Trinajstić information content (AvgIpc) is 2.69. The molecule has 1 N–H and O–H groups in total. The third-order valence-electron chi connectivity index (χ3n) is 2.79. The second-order valence-electron chi connectivity index (χ2n) is 4.35. The molecule has 2 rings (SSSR count). The molecule has 0 aliphatic carbocycles. The van der Waals surface area contributed by atoms with Crippen LogP contribution in [0.1, 0.15) is 16.1 Å². The van der Waals surface area contributed by atoms with Crippen LogP contribution < -0.4 is 5.32 Å². The van der Waals surface area contributed by atoms with Gasteiger partial charge < -0.3 is 19.4 Å². The fourth-order valence-electron chi connectivity index (χ4n) is 1.87. The Labute approximate surface area is 105 Å². The molecule has 1 aliphatic heterocycles. The van der Waals surface area contributed by atoms with Crippen molar-refractivity contribution in [2.45, 2.75) is 13.0 Å². The van der Waals surface area contributed by atoms with Gasteiger partial charge in [0.2, 0.25) is 5.91 Å². The third-order valence-corrected chi connectivity index (χ3v) is 2.79. The maximum absolute atomic E-state index is 11.9. The van der Waals surface area contributed by atoms with Crippen LogP contribution in [0, 0.1) is 6.92 Å². The quantitative estimate of drug-likeness (QED) is 0.829. The zero-order valence-corrected chi connectivity index (χ0v) is 10.4. The highest BCUT2D eigenvalue weighted by molar-refractivity contribution is 5.94. The highest BCUT2D eigenvalue weighted by Gasteiger charge is 2.32. The monoisotopic (exact) mass is 252 g/mol. The van der Waals surface area contributed by atoms with Crippen LogP contribution in [-0.2, 0) is 9.53 Å². The molecule has 1 fully saturated rings. The first kappa shape index (κ1) is 12.6. The summed E-state index contributed by atoms with van der Waals surface area (Å²) in [5.41, 5.74) is 0.550. The van der Waals surface area contributed by atoms with Gasteiger partial charge >= 0.3 is 0 Å². The minimum Gasteiger partial charge on any atom is -0.469 e. The summed E-state index contributed by atoms with van der Waals surface area (Å²) in [6, 6.07) is 1.73. The van der Waals surface area contributed by atoms with Crippen LogP contribution in [0.4, 0.5) is 0 Å². The van der Waals surface area contributed by atoms with E-state index in [0.29, 0.717) is 24.4 Å². The average molecular weight is 252 g/mol. The number of ether oxygens (including phenoxy) is 1. The van der Waals surface area contributed by atoms with Crippen molar-refractivity contribution in [1.82, 2.24) is 10.2 Å². The lowest BCUT2D eigenvalue weighted by molar-refractivity contribution is -0.126. The number of carbonyl (C=O) groups is 2. The molecule has 0 aromatic carbocycles. The Balaban J connectivity index is 1.79. The molecular formula is C12H16N2O4. The van der Waals surface area contributed by atoms with Crippen molar-refractivity contribution < 1.29 is 18.7 Å². The molecule has 2 amide bonds. The molecule has 1 aromatic heterocycles. The van der Waals surface area contributed by atoms with Crippen LogP contribution >= 0.6 is 0 Å². The highest BCUT2D eigenvalue weighted by atomic mass is 16.5. The number of likely N-dealkylation sites (tertiary alicyclic amines) is 1. The predicted molar refractivity (Wildman–Crippen MR) is 63.2 cm³/mol. The molecule has 18 heavy (non-hydrogen) atoms. The van der Waals surface area contributed by atoms with E-state index in [4.69, 9.17) is 9.15 Å². The van der Waals surface area contributed by atoms with Gasteiger partial charge in [-0.1, -0.05) is 0 Å². The maximum atomic E-state index is 11.9. The van der Waals surface area contributed by atoms with Crippen molar-refractivity contribution in [3.05, 3.63) is 23.7 Å². The Morgan fingerprint density at radius 3 is 2.83 bits per heavy atom. The Morgan fingerprint density at radius 1 is 1.56 bits per heavy atom. The number of carbonyl (C=O) groups excluding carboxylic acids is 2. The first-order valence-corrected chi connectivity index (χ1v) is 5.73. The number of aryl methyl sites for hydroxylation is 1. The summed E-state index contributed by atoms with van der Waals surface area (Å²) in [5.74, 6) is 0.488. The molecule has 0 saturated carbocycles. The Kier molecular flexibility index (Phi) is 3.66. The topological polar surface area (TPSA) is 71.8 Å². The number of nitrogens with one attached hydrogen (secondary N) is 1. The Morgan fingerprint density at radius 2 is 2.28 bits per heavy atom. The number of methoxy groups -OCH3 is 1. The van der Waals surface area contributed by atoms with Gasteiger partial charge in [0.25, 0.3) is 5.91 Å². The van der Waals surface area contributed by atoms with E-state index in [9.17, 15) is 9.59 Å². The summed E-state index contributed by atoms with van der Waals surface area (Å²) in [7, 11) is 1.47. The maximum Gasteiger partial charge on any atom is 0.257 e. The molecule has 6 nitrogen and oxygen atoms in total. The number of amides is 2. The Hall–Kier alpha value is -1.82. The van der Waals surface area contributed by atoms with Crippen LogP contribution in [0.25, 0.3) is 0 Å². The van der Waals surface area contributed by atoms with E-state index in [1.165, 1.54) is 13.4 Å². The van der Waals surface area contributed by atoms with Gasteiger partial charge in [-0.05, 0) is 13.0 Å². The van der Waals surface area contributed by atoms with E-state index in [-0.39, 0.29) is 24.5 Å². The number of furan rings is 1. The molecule has 1 saturated heterocycles. The molecule has 0 atom stereocenters. The van der Waals surface area contributed by atoms with Gasteiger partial charge in [-0.15, -0.1) is 0 Å². The summed E-state index contributed by atoms with van der Waals surface area (Å²) < 4.78 is 9.81. The fourth-order valence-corrected chi connectivity index (χ4v) is 1.87. The molecule has 0 spiro atoms. The molecule has 0 radical (unpaired) electrons. The molecule has 98 valence electrons. The van der Waals surface area contributed by atoms with Crippen molar-refractivity contribution in [3.63, 3.8) is 0 Å². The largest absolute Gasteiger partial charge is 0.469 e. The summed E-state index contributed by atoms with van der Waals surface area (Å²) in [5, 5.41) is 2.78. The fraction of sp³-hybridized carbons (Fsp3) is 0.500. The molecule has 2 heterocycles. The van der Waals surface area contributed by atoms with Crippen LogP contribution in [-0.4, -0.2) is 49.6 Å². The third kappa shape index (κ3) is 2.70. The molecular weight excluding hydrogens is 236 g/mol. The zero-order valence-electron chi connectivity index (χ0n) is 10.4. The SMILES string of the molecule is COCC(=O)NC1CN(C(=O)c2coc(C)c2)C1. The van der Waals surface area contributed by atoms with Crippen molar-refractivity contribution in [3.8, 4) is 0 Å².